The molecule has 0 aliphatic carbocycles. The molecule has 0 spiro atoms. The number of amides is 4. The van der Waals surface area contributed by atoms with Gasteiger partial charge in [0.05, 0.1) is 6.04 Å². The highest BCUT2D eigenvalue weighted by Crippen LogP contribution is 2.29. The first-order valence-electron chi connectivity index (χ1n) is 12.0. The molecular formula is C28H28Cl2N6O2. The number of carbonyl (C=O) groups excluding carboxylic acids is 2. The number of halogens is 2. The molecule has 1 heterocycles. The SMILES string of the molecule is CNC(=O)Nc1ccc(Cl)cc1CNC(=O)N[C@@H](Cc1ccccc1)c1nc(-c2ccc(C)cc2)c(Cl)[nH]1. The zero-order valence-corrected chi connectivity index (χ0v) is 22.5. The first-order chi connectivity index (χ1) is 18.3. The van der Waals surface area contributed by atoms with Gasteiger partial charge in [0.1, 0.15) is 16.7 Å². The maximum absolute atomic E-state index is 13.0. The lowest BCUT2D eigenvalue weighted by Gasteiger charge is -2.18. The number of carbonyl (C=O) groups is 2. The largest absolute Gasteiger partial charge is 0.341 e. The lowest BCUT2D eigenvalue weighted by atomic mass is 10.1. The molecule has 196 valence electrons. The van der Waals surface area contributed by atoms with Crippen LogP contribution in [-0.4, -0.2) is 29.1 Å². The van der Waals surface area contributed by atoms with Crippen LogP contribution in [0.1, 0.15) is 28.6 Å². The van der Waals surface area contributed by atoms with Gasteiger partial charge in [0.2, 0.25) is 0 Å². The number of rotatable bonds is 8. The third-order valence-electron chi connectivity index (χ3n) is 5.90. The van der Waals surface area contributed by atoms with Crippen molar-refractivity contribution in [1.82, 2.24) is 25.9 Å². The van der Waals surface area contributed by atoms with Crippen molar-refractivity contribution in [1.29, 1.82) is 0 Å². The van der Waals surface area contributed by atoms with Gasteiger partial charge in [-0.15, -0.1) is 0 Å². The summed E-state index contributed by atoms with van der Waals surface area (Å²) in [5, 5.41) is 12.0. The Hall–Kier alpha value is -4.01. The summed E-state index contributed by atoms with van der Waals surface area (Å²) in [6.07, 6.45) is 0.492. The van der Waals surface area contributed by atoms with E-state index < -0.39 is 12.1 Å². The van der Waals surface area contributed by atoms with Crippen LogP contribution in [0.25, 0.3) is 11.3 Å². The fourth-order valence-corrected chi connectivity index (χ4v) is 4.35. The van der Waals surface area contributed by atoms with Crippen molar-refractivity contribution in [2.45, 2.75) is 25.9 Å². The number of aromatic nitrogens is 2. The highest BCUT2D eigenvalue weighted by Gasteiger charge is 2.22. The van der Waals surface area contributed by atoms with Crippen LogP contribution < -0.4 is 21.3 Å². The Morgan fingerprint density at radius 1 is 0.974 bits per heavy atom. The molecule has 3 aromatic carbocycles. The van der Waals surface area contributed by atoms with Crippen molar-refractivity contribution >= 4 is 41.0 Å². The average molecular weight is 551 g/mol. The Kier molecular flexibility index (Phi) is 8.89. The van der Waals surface area contributed by atoms with Gasteiger partial charge in [-0.05, 0) is 42.7 Å². The maximum atomic E-state index is 13.0. The van der Waals surface area contributed by atoms with Crippen LogP contribution in [0, 0.1) is 6.92 Å². The number of anilines is 1. The standard InChI is InChI=1S/C28H28Cl2N6O2/c1-17-8-10-19(11-9-17)24-25(30)36-26(35-24)23(14-18-6-4-3-5-7-18)34-28(38)32-16-20-15-21(29)12-13-22(20)33-27(37)31-2/h3-13,15,23H,14,16H2,1-2H3,(H,35,36)(H2,31,33,37)(H2,32,34,38)/t23-/m0/s1. The number of benzene rings is 3. The molecule has 1 aromatic heterocycles. The van der Waals surface area contributed by atoms with Crippen LogP contribution >= 0.6 is 23.2 Å². The molecule has 4 amide bonds. The number of urea groups is 2. The monoisotopic (exact) mass is 550 g/mol. The van der Waals surface area contributed by atoms with E-state index in [0.29, 0.717) is 39.4 Å². The highest BCUT2D eigenvalue weighted by atomic mass is 35.5. The fourth-order valence-electron chi connectivity index (χ4n) is 3.90. The second-order valence-corrected chi connectivity index (χ2v) is 9.54. The van der Waals surface area contributed by atoms with E-state index in [1.165, 1.54) is 7.05 Å². The molecular weight excluding hydrogens is 523 g/mol. The van der Waals surface area contributed by atoms with Gasteiger partial charge in [-0.1, -0.05) is 83.4 Å². The second kappa shape index (κ2) is 12.5. The van der Waals surface area contributed by atoms with Crippen LogP contribution in [0.4, 0.5) is 15.3 Å². The quantitative estimate of drug-likeness (QED) is 0.179. The van der Waals surface area contributed by atoms with Crippen LogP contribution in [0.15, 0.2) is 72.8 Å². The molecule has 10 heteroatoms. The van der Waals surface area contributed by atoms with E-state index in [2.05, 4.69) is 26.3 Å². The topological polar surface area (TPSA) is 111 Å². The van der Waals surface area contributed by atoms with Crippen molar-refractivity contribution in [3.8, 4) is 11.3 Å². The van der Waals surface area contributed by atoms with Crippen LogP contribution in [0.3, 0.4) is 0 Å². The molecule has 0 saturated heterocycles. The molecule has 0 bridgehead atoms. The van der Waals surface area contributed by atoms with Crippen molar-refractivity contribution < 1.29 is 9.59 Å². The molecule has 8 nitrogen and oxygen atoms in total. The molecule has 0 fully saturated rings. The predicted molar refractivity (Wildman–Crippen MR) is 152 cm³/mol. The Balaban J connectivity index is 1.53. The first kappa shape index (κ1) is 27.0. The number of aromatic amines is 1. The molecule has 1 atom stereocenters. The average Bonchev–Trinajstić information content (AvgIpc) is 3.30. The van der Waals surface area contributed by atoms with Crippen LogP contribution in [0.2, 0.25) is 10.2 Å². The summed E-state index contributed by atoms with van der Waals surface area (Å²) in [5.74, 6) is 0.536. The van der Waals surface area contributed by atoms with Gasteiger partial charge in [-0.25, -0.2) is 14.6 Å². The second-order valence-electron chi connectivity index (χ2n) is 8.73. The summed E-state index contributed by atoms with van der Waals surface area (Å²) < 4.78 is 0. The summed E-state index contributed by atoms with van der Waals surface area (Å²) in [5.41, 5.74) is 4.84. The van der Waals surface area contributed by atoms with Gasteiger partial charge < -0.3 is 26.3 Å². The van der Waals surface area contributed by atoms with Gasteiger partial charge in [0.25, 0.3) is 0 Å². The first-order valence-corrected chi connectivity index (χ1v) is 12.8. The van der Waals surface area contributed by atoms with Crippen molar-refractivity contribution in [3.63, 3.8) is 0 Å². The number of nitrogens with zero attached hydrogens (tertiary/aromatic N) is 1. The Labute approximate surface area is 231 Å². The van der Waals surface area contributed by atoms with Crippen LogP contribution in [0.5, 0.6) is 0 Å². The minimum atomic E-state index is -0.489. The van der Waals surface area contributed by atoms with Gasteiger partial charge >= 0.3 is 12.1 Å². The molecule has 4 aromatic rings. The predicted octanol–water partition coefficient (Wildman–Crippen LogP) is 6.23. The number of imidazole rings is 1. The minimum absolute atomic E-state index is 0.136. The van der Waals surface area contributed by atoms with E-state index >= 15 is 0 Å². The molecule has 5 N–H and O–H groups in total. The van der Waals surface area contributed by atoms with E-state index in [-0.39, 0.29) is 12.6 Å². The Morgan fingerprint density at radius 2 is 1.71 bits per heavy atom. The smallest absolute Gasteiger partial charge is 0.318 e. The molecule has 0 aliphatic heterocycles. The molecule has 4 rings (SSSR count). The number of hydrogen-bond donors (Lipinski definition) is 5. The number of H-pyrrole nitrogens is 1. The van der Waals surface area contributed by atoms with E-state index in [1.54, 1.807) is 18.2 Å². The number of hydrogen-bond acceptors (Lipinski definition) is 3. The highest BCUT2D eigenvalue weighted by molar-refractivity contribution is 6.32. The summed E-state index contributed by atoms with van der Waals surface area (Å²) in [6, 6.07) is 21.5. The maximum Gasteiger partial charge on any atom is 0.318 e. The Morgan fingerprint density at radius 3 is 2.42 bits per heavy atom. The van der Waals surface area contributed by atoms with Gasteiger partial charge in [-0.3, -0.25) is 0 Å². The lowest BCUT2D eigenvalue weighted by Crippen LogP contribution is -2.39. The molecule has 0 aliphatic rings. The summed E-state index contributed by atoms with van der Waals surface area (Å²) in [6.45, 7) is 2.15. The van der Waals surface area contributed by atoms with Crippen molar-refractivity contribution in [2.75, 3.05) is 12.4 Å². The van der Waals surface area contributed by atoms with Gasteiger partial charge in [0, 0.05) is 29.9 Å². The number of aryl methyl sites for hydroxylation is 1. The van der Waals surface area contributed by atoms with Crippen molar-refractivity contribution in [2.24, 2.45) is 0 Å². The molecule has 0 saturated carbocycles. The summed E-state index contributed by atoms with van der Waals surface area (Å²) in [4.78, 5) is 32.7. The van der Waals surface area contributed by atoms with Crippen LogP contribution in [-0.2, 0) is 13.0 Å². The Bertz CT molecular complexity index is 1410. The van der Waals surface area contributed by atoms with E-state index in [4.69, 9.17) is 28.2 Å². The molecule has 0 radical (unpaired) electrons. The minimum Gasteiger partial charge on any atom is -0.341 e. The van der Waals surface area contributed by atoms with E-state index in [9.17, 15) is 9.59 Å². The molecule has 0 unspecified atom stereocenters. The van der Waals surface area contributed by atoms with Gasteiger partial charge in [-0.2, -0.15) is 0 Å². The van der Waals surface area contributed by atoms with E-state index in [1.807, 2.05) is 61.5 Å². The zero-order valence-electron chi connectivity index (χ0n) is 20.9. The summed E-state index contributed by atoms with van der Waals surface area (Å²) in [7, 11) is 1.52. The number of nitrogens with one attached hydrogen (secondary N) is 5. The van der Waals surface area contributed by atoms with Crippen molar-refractivity contribution in [3.05, 3.63) is 105 Å². The summed E-state index contributed by atoms with van der Waals surface area (Å²) >= 11 is 12.7. The van der Waals surface area contributed by atoms with E-state index in [0.717, 1.165) is 16.7 Å². The third-order valence-corrected chi connectivity index (χ3v) is 6.41. The lowest BCUT2D eigenvalue weighted by molar-refractivity contribution is 0.236. The van der Waals surface area contributed by atoms with Gasteiger partial charge in [0.15, 0.2) is 0 Å². The molecule has 38 heavy (non-hydrogen) atoms. The zero-order chi connectivity index (χ0) is 27.1. The normalized spacial score (nSPS) is 11.5. The third kappa shape index (κ3) is 7.06. The fraction of sp³-hybridized carbons (Fsp3) is 0.179.